The van der Waals surface area contributed by atoms with Crippen LogP contribution in [0.1, 0.15) is 11.1 Å². The van der Waals surface area contributed by atoms with E-state index in [9.17, 15) is 4.79 Å². The molecule has 0 atom stereocenters. The van der Waals surface area contributed by atoms with Gasteiger partial charge in [0.2, 0.25) is 0 Å². The highest BCUT2D eigenvalue weighted by atomic mass is 16.2. The van der Waals surface area contributed by atoms with Crippen LogP contribution in [-0.4, -0.2) is 28.2 Å². The smallest absolute Gasteiger partial charge is 0.321 e. The Morgan fingerprint density at radius 2 is 2.33 bits per heavy atom. The summed E-state index contributed by atoms with van der Waals surface area (Å²) in [5, 5.41) is 9.42. The third-order valence-electron chi connectivity index (χ3n) is 2.59. The number of hydrogen-bond donors (Lipinski definition) is 2. The second-order valence-electron chi connectivity index (χ2n) is 4.26. The molecule has 0 fully saturated rings. The van der Waals surface area contributed by atoms with E-state index in [1.54, 1.807) is 24.3 Å². The molecule has 0 radical (unpaired) electrons. The van der Waals surface area contributed by atoms with E-state index in [1.807, 2.05) is 31.2 Å². The molecule has 0 aliphatic carbocycles. The van der Waals surface area contributed by atoms with Gasteiger partial charge < -0.3 is 10.2 Å². The molecule has 2 N–H and O–H groups in total. The molecule has 94 valence electrons. The second-order valence-corrected chi connectivity index (χ2v) is 4.26. The second kappa shape index (κ2) is 5.35. The van der Waals surface area contributed by atoms with E-state index < -0.39 is 0 Å². The summed E-state index contributed by atoms with van der Waals surface area (Å²) in [6, 6.07) is 7.58. The summed E-state index contributed by atoms with van der Waals surface area (Å²) in [6.07, 6.45) is 3.48. The normalized spacial score (nSPS) is 10.1. The molecule has 0 saturated heterocycles. The van der Waals surface area contributed by atoms with E-state index in [0.29, 0.717) is 6.54 Å². The van der Waals surface area contributed by atoms with Gasteiger partial charge in [0.15, 0.2) is 0 Å². The van der Waals surface area contributed by atoms with Gasteiger partial charge in [0.05, 0.1) is 12.7 Å². The number of urea groups is 1. The molecule has 18 heavy (non-hydrogen) atoms. The zero-order valence-electron chi connectivity index (χ0n) is 10.5. The molecule has 0 bridgehead atoms. The summed E-state index contributed by atoms with van der Waals surface area (Å²) < 4.78 is 0. The van der Waals surface area contributed by atoms with Gasteiger partial charge in [0.25, 0.3) is 0 Å². The molecular weight excluding hydrogens is 228 g/mol. The van der Waals surface area contributed by atoms with Crippen LogP contribution in [0.25, 0.3) is 0 Å². The fourth-order valence-corrected chi connectivity index (χ4v) is 1.65. The van der Waals surface area contributed by atoms with Crippen molar-refractivity contribution in [1.82, 2.24) is 15.1 Å². The van der Waals surface area contributed by atoms with E-state index in [-0.39, 0.29) is 6.03 Å². The van der Waals surface area contributed by atoms with Gasteiger partial charge in [-0.05, 0) is 24.6 Å². The first-order chi connectivity index (χ1) is 8.65. The number of rotatable bonds is 3. The maximum atomic E-state index is 11.9. The van der Waals surface area contributed by atoms with Crippen molar-refractivity contribution in [2.45, 2.75) is 13.5 Å². The molecule has 1 aromatic carbocycles. The average Bonchev–Trinajstić information content (AvgIpc) is 2.81. The van der Waals surface area contributed by atoms with Gasteiger partial charge in [0.1, 0.15) is 0 Å². The molecule has 5 nitrogen and oxygen atoms in total. The molecule has 0 saturated carbocycles. The van der Waals surface area contributed by atoms with E-state index in [4.69, 9.17) is 0 Å². The minimum Gasteiger partial charge on any atom is -0.323 e. The number of aromatic nitrogens is 2. The minimum absolute atomic E-state index is 0.137. The number of nitrogens with zero attached hydrogens (tertiary/aromatic N) is 2. The van der Waals surface area contributed by atoms with Crippen LogP contribution < -0.4 is 5.32 Å². The predicted molar refractivity (Wildman–Crippen MR) is 70.3 cm³/mol. The Labute approximate surface area is 106 Å². The largest absolute Gasteiger partial charge is 0.323 e. The lowest BCUT2D eigenvalue weighted by Gasteiger charge is -2.17. The maximum Gasteiger partial charge on any atom is 0.321 e. The van der Waals surface area contributed by atoms with Gasteiger partial charge in [-0.1, -0.05) is 12.1 Å². The van der Waals surface area contributed by atoms with Crippen LogP contribution in [0.15, 0.2) is 36.7 Å². The summed E-state index contributed by atoms with van der Waals surface area (Å²) in [4.78, 5) is 13.5. The summed E-state index contributed by atoms with van der Waals surface area (Å²) in [5.74, 6) is 0. The SMILES string of the molecule is Cc1cccc(NC(=O)N(C)Cc2cn[nH]c2)c1. The Bertz CT molecular complexity index is 522. The van der Waals surface area contributed by atoms with Crippen LogP contribution >= 0.6 is 0 Å². The molecule has 1 aromatic heterocycles. The molecule has 0 unspecified atom stereocenters. The lowest BCUT2D eigenvalue weighted by Crippen LogP contribution is -2.30. The predicted octanol–water partition coefficient (Wildman–Crippen LogP) is 2.38. The lowest BCUT2D eigenvalue weighted by molar-refractivity contribution is 0.220. The summed E-state index contributed by atoms with van der Waals surface area (Å²) in [5.41, 5.74) is 2.89. The van der Waals surface area contributed by atoms with Crippen LogP contribution in [0.4, 0.5) is 10.5 Å². The zero-order chi connectivity index (χ0) is 13.0. The van der Waals surface area contributed by atoms with Crippen LogP contribution in [0.2, 0.25) is 0 Å². The number of amides is 2. The van der Waals surface area contributed by atoms with Crippen molar-refractivity contribution in [3.05, 3.63) is 47.8 Å². The number of nitrogens with one attached hydrogen (secondary N) is 2. The Morgan fingerprint density at radius 3 is 3.00 bits per heavy atom. The topological polar surface area (TPSA) is 61.0 Å². The monoisotopic (exact) mass is 244 g/mol. The Kier molecular flexibility index (Phi) is 3.62. The van der Waals surface area contributed by atoms with Crippen LogP contribution in [0, 0.1) is 6.92 Å². The fourth-order valence-electron chi connectivity index (χ4n) is 1.65. The summed E-state index contributed by atoms with van der Waals surface area (Å²) >= 11 is 0. The Hall–Kier alpha value is -2.30. The third kappa shape index (κ3) is 3.10. The van der Waals surface area contributed by atoms with Crippen molar-refractivity contribution >= 4 is 11.7 Å². The van der Waals surface area contributed by atoms with E-state index in [0.717, 1.165) is 16.8 Å². The van der Waals surface area contributed by atoms with E-state index in [1.165, 1.54) is 0 Å². The van der Waals surface area contributed by atoms with Crippen molar-refractivity contribution in [2.75, 3.05) is 12.4 Å². The van der Waals surface area contributed by atoms with Gasteiger partial charge >= 0.3 is 6.03 Å². The molecule has 0 aliphatic rings. The van der Waals surface area contributed by atoms with Crippen LogP contribution in [0.3, 0.4) is 0 Å². The highest BCUT2D eigenvalue weighted by Crippen LogP contribution is 2.10. The zero-order valence-corrected chi connectivity index (χ0v) is 10.5. The van der Waals surface area contributed by atoms with Crippen molar-refractivity contribution in [3.8, 4) is 0 Å². The van der Waals surface area contributed by atoms with Gasteiger partial charge in [-0.25, -0.2) is 4.79 Å². The molecular formula is C13H16N4O. The third-order valence-corrected chi connectivity index (χ3v) is 2.59. The van der Waals surface area contributed by atoms with Crippen LogP contribution in [-0.2, 0) is 6.54 Å². The van der Waals surface area contributed by atoms with Crippen molar-refractivity contribution < 1.29 is 4.79 Å². The fraction of sp³-hybridized carbons (Fsp3) is 0.231. The Balaban J connectivity index is 1.95. The summed E-state index contributed by atoms with van der Waals surface area (Å²) in [7, 11) is 1.75. The number of H-pyrrole nitrogens is 1. The van der Waals surface area contributed by atoms with Crippen molar-refractivity contribution in [2.24, 2.45) is 0 Å². The molecule has 2 aromatic rings. The van der Waals surface area contributed by atoms with Gasteiger partial charge in [-0.15, -0.1) is 0 Å². The number of aryl methyl sites for hydroxylation is 1. The highest BCUT2D eigenvalue weighted by Gasteiger charge is 2.09. The highest BCUT2D eigenvalue weighted by molar-refractivity contribution is 5.89. The first-order valence-electron chi connectivity index (χ1n) is 5.71. The van der Waals surface area contributed by atoms with Gasteiger partial charge in [-0.2, -0.15) is 5.10 Å². The number of aromatic amines is 1. The van der Waals surface area contributed by atoms with Crippen molar-refractivity contribution in [1.29, 1.82) is 0 Å². The lowest BCUT2D eigenvalue weighted by atomic mass is 10.2. The van der Waals surface area contributed by atoms with Gasteiger partial charge in [-0.3, -0.25) is 5.10 Å². The maximum absolute atomic E-state index is 11.9. The van der Waals surface area contributed by atoms with E-state index in [2.05, 4.69) is 15.5 Å². The summed E-state index contributed by atoms with van der Waals surface area (Å²) in [6.45, 7) is 2.51. The van der Waals surface area contributed by atoms with Gasteiger partial charge in [0, 0.05) is 24.5 Å². The molecule has 2 amide bonds. The number of hydrogen-bond acceptors (Lipinski definition) is 2. The average molecular weight is 244 g/mol. The molecule has 1 heterocycles. The first kappa shape index (κ1) is 12.2. The first-order valence-corrected chi connectivity index (χ1v) is 5.71. The molecule has 5 heteroatoms. The molecule has 0 aliphatic heterocycles. The van der Waals surface area contributed by atoms with E-state index >= 15 is 0 Å². The number of carbonyl (C=O) groups is 1. The molecule has 2 rings (SSSR count). The Morgan fingerprint density at radius 1 is 1.50 bits per heavy atom. The quantitative estimate of drug-likeness (QED) is 0.870. The van der Waals surface area contributed by atoms with Crippen molar-refractivity contribution in [3.63, 3.8) is 0 Å². The van der Waals surface area contributed by atoms with Crippen LogP contribution in [0.5, 0.6) is 0 Å². The number of benzene rings is 1. The molecule has 0 spiro atoms. The number of anilines is 1. The standard InChI is InChI=1S/C13H16N4O/c1-10-4-3-5-12(6-10)16-13(18)17(2)9-11-7-14-15-8-11/h3-8H,9H2,1-2H3,(H,14,15)(H,16,18). The number of carbonyl (C=O) groups excluding carboxylic acids is 1. The minimum atomic E-state index is -0.137.